The summed E-state index contributed by atoms with van der Waals surface area (Å²) in [4.78, 5) is 0. The highest BCUT2D eigenvalue weighted by molar-refractivity contribution is 5.45. The van der Waals surface area contributed by atoms with Crippen molar-refractivity contribution >= 4 is 0 Å². The minimum atomic E-state index is -0.675. The Morgan fingerprint density at radius 2 is 2.00 bits per heavy atom. The first-order valence-electron chi connectivity index (χ1n) is 5.43. The number of ether oxygens (including phenoxy) is 1. The number of phenols is 1. The number of nitrogens with two attached hydrogens (primary N) is 1. The van der Waals surface area contributed by atoms with E-state index in [1.807, 2.05) is 0 Å². The Morgan fingerprint density at radius 3 is 2.56 bits per heavy atom. The summed E-state index contributed by atoms with van der Waals surface area (Å²) in [5.74, 6) is -0.981. The van der Waals surface area contributed by atoms with Gasteiger partial charge < -0.3 is 15.6 Å². The quantitative estimate of drug-likeness (QED) is 0.811. The van der Waals surface area contributed by atoms with Crippen LogP contribution >= 0.6 is 0 Å². The predicted molar refractivity (Wildman–Crippen MR) is 59.0 cm³/mol. The van der Waals surface area contributed by atoms with Gasteiger partial charge in [-0.15, -0.1) is 0 Å². The molecule has 3 N–H and O–H groups in total. The van der Waals surface area contributed by atoms with Crippen molar-refractivity contribution in [2.75, 3.05) is 7.11 Å². The second-order valence-corrected chi connectivity index (χ2v) is 4.37. The summed E-state index contributed by atoms with van der Waals surface area (Å²) in [6, 6.07) is 2.94. The van der Waals surface area contributed by atoms with Crippen molar-refractivity contribution in [1.29, 1.82) is 0 Å². The zero-order valence-electron chi connectivity index (χ0n) is 9.29. The molecule has 0 amide bonds. The number of aromatic hydroxyl groups is 1. The van der Waals surface area contributed by atoms with E-state index in [-0.39, 0.29) is 5.75 Å². The molecule has 0 unspecified atom stereocenters. The second kappa shape index (κ2) is 3.94. The van der Waals surface area contributed by atoms with E-state index in [1.165, 1.54) is 13.2 Å². The highest BCUT2D eigenvalue weighted by atomic mass is 19.1. The largest absolute Gasteiger partial charge is 0.502 e. The molecule has 0 atom stereocenters. The van der Waals surface area contributed by atoms with Gasteiger partial charge in [0.15, 0.2) is 17.3 Å². The first-order chi connectivity index (χ1) is 7.57. The summed E-state index contributed by atoms with van der Waals surface area (Å²) >= 11 is 0. The lowest BCUT2D eigenvalue weighted by Crippen LogP contribution is -2.33. The average Bonchev–Trinajstić information content (AvgIpc) is 2.70. The van der Waals surface area contributed by atoms with E-state index in [1.54, 1.807) is 6.07 Å². The van der Waals surface area contributed by atoms with E-state index in [2.05, 4.69) is 0 Å². The molecule has 1 fully saturated rings. The standard InChI is InChI=1S/C12H16FNO2/c1-16-10-7-8(6-9(13)11(10)15)12(14)4-2-3-5-12/h6-7,15H,2-5,14H2,1H3. The molecule has 4 heteroatoms. The molecule has 2 rings (SSSR count). The number of methoxy groups -OCH3 is 1. The van der Waals surface area contributed by atoms with Gasteiger partial charge in [-0.1, -0.05) is 12.8 Å². The van der Waals surface area contributed by atoms with Crippen molar-refractivity contribution in [3.05, 3.63) is 23.5 Å². The number of hydrogen-bond donors (Lipinski definition) is 2. The molecular weight excluding hydrogens is 209 g/mol. The van der Waals surface area contributed by atoms with Crippen molar-refractivity contribution in [2.24, 2.45) is 5.73 Å². The SMILES string of the molecule is COc1cc(C2(N)CCCC2)cc(F)c1O. The van der Waals surface area contributed by atoms with E-state index in [9.17, 15) is 9.50 Å². The van der Waals surface area contributed by atoms with Gasteiger partial charge in [0.05, 0.1) is 7.11 Å². The van der Waals surface area contributed by atoms with Crippen LogP contribution in [0.3, 0.4) is 0 Å². The number of phenolic OH excluding ortho intramolecular Hbond substituents is 1. The molecule has 1 aliphatic rings. The third-order valence-electron chi connectivity index (χ3n) is 3.32. The van der Waals surface area contributed by atoms with Crippen LogP contribution in [0.1, 0.15) is 31.2 Å². The molecule has 3 nitrogen and oxygen atoms in total. The Hall–Kier alpha value is -1.29. The van der Waals surface area contributed by atoms with Crippen molar-refractivity contribution in [3.8, 4) is 11.5 Å². The Labute approximate surface area is 94.0 Å². The van der Waals surface area contributed by atoms with E-state index in [4.69, 9.17) is 10.5 Å². The van der Waals surface area contributed by atoms with E-state index < -0.39 is 17.1 Å². The zero-order valence-corrected chi connectivity index (χ0v) is 9.29. The van der Waals surface area contributed by atoms with Crippen LogP contribution in [0.4, 0.5) is 4.39 Å². The topological polar surface area (TPSA) is 55.5 Å². The van der Waals surface area contributed by atoms with Crippen LogP contribution in [0.2, 0.25) is 0 Å². The highest BCUT2D eigenvalue weighted by Crippen LogP contribution is 2.40. The molecular formula is C12H16FNO2. The van der Waals surface area contributed by atoms with Gasteiger partial charge in [0.2, 0.25) is 0 Å². The van der Waals surface area contributed by atoms with Crippen LogP contribution in [0.5, 0.6) is 11.5 Å². The molecule has 1 aliphatic carbocycles. The van der Waals surface area contributed by atoms with E-state index >= 15 is 0 Å². The van der Waals surface area contributed by atoms with Gasteiger partial charge in [-0.3, -0.25) is 0 Å². The fourth-order valence-electron chi connectivity index (χ4n) is 2.31. The summed E-state index contributed by atoms with van der Waals surface area (Å²) in [7, 11) is 1.40. The summed E-state index contributed by atoms with van der Waals surface area (Å²) < 4.78 is 18.4. The van der Waals surface area contributed by atoms with Gasteiger partial charge in [-0.05, 0) is 30.5 Å². The number of rotatable bonds is 2. The van der Waals surface area contributed by atoms with Gasteiger partial charge in [-0.2, -0.15) is 0 Å². The Kier molecular flexibility index (Phi) is 2.76. The number of hydrogen-bond acceptors (Lipinski definition) is 3. The molecule has 0 aromatic heterocycles. The maximum Gasteiger partial charge on any atom is 0.194 e. The van der Waals surface area contributed by atoms with Gasteiger partial charge in [0, 0.05) is 5.54 Å². The summed E-state index contributed by atoms with van der Waals surface area (Å²) in [6.07, 6.45) is 3.81. The lowest BCUT2D eigenvalue weighted by Gasteiger charge is -2.25. The normalized spacial score (nSPS) is 18.7. The fraction of sp³-hybridized carbons (Fsp3) is 0.500. The van der Waals surface area contributed by atoms with Crippen molar-refractivity contribution in [3.63, 3.8) is 0 Å². The van der Waals surface area contributed by atoms with Crippen LogP contribution in [0.15, 0.2) is 12.1 Å². The van der Waals surface area contributed by atoms with Crippen LogP contribution < -0.4 is 10.5 Å². The maximum absolute atomic E-state index is 13.5. The van der Waals surface area contributed by atoms with E-state index in [0.717, 1.165) is 25.7 Å². The monoisotopic (exact) mass is 225 g/mol. The van der Waals surface area contributed by atoms with E-state index in [0.29, 0.717) is 5.56 Å². The molecule has 16 heavy (non-hydrogen) atoms. The highest BCUT2D eigenvalue weighted by Gasteiger charge is 2.32. The molecule has 1 aromatic carbocycles. The Bertz CT molecular complexity index is 400. The molecule has 88 valence electrons. The van der Waals surface area contributed by atoms with Gasteiger partial charge in [0.25, 0.3) is 0 Å². The molecule has 0 radical (unpaired) electrons. The third kappa shape index (κ3) is 1.73. The summed E-state index contributed by atoms with van der Waals surface area (Å²) in [5.41, 5.74) is 6.45. The van der Waals surface area contributed by atoms with Crippen molar-refractivity contribution in [2.45, 2.75) is 31.2 Å². The molecule has 0 saturated heterocycles. The maximum atomic E-state index is 13.5. The Balaban J connectivity index is 2.45. The third-order valence-corrected chi connectivity index (χ3v) is 3.32. The van der Waals surface area contributed by atoms with Crippen LogP contribution in [0.25, 0.3) is 0 Å². The number of benzene rings is 1. The van der Waals surface area contributed by atoms with Crippen LogP contribution in [0, 0.1) is 5.82 Å². The van der Waals surface area contributed by atoms with Crippen molar-refractivity contribution in [1.82, 2.24) is 0 Å². The molecule has 1 saturated carbocycles. The number of halogens is 1. The lowest BCUT2D eigenvalue weighted by atomic mass is 9.89. The van der Waals surface area contributed by atoms with Gasteiger partial charge >= 0.3 is 0 Å². The van der Waals surface area contributed by atoms with Crippen LogP contribution in [-0.2, 0) is 5.54 Å². The first-order valence-corrected chi connectivity index (χ1v) is 5.43. The van der Waals surface area contributed by atoms with Gasteiger partial charge in [0.1, 0.15) is 0 Å². The molecule has 0 bridgehead atoms. The summed E-state index contributed by atoms with van der Waals surface area (Å²) in [5, 5.41) is 9.41. The smallest absolute Gasteiger partial charge is 0.194 e. The minimum Gasteiger partial charge on any atom is -0.502 e. The second-order valence-electron chi connectivity index (χ2n) is 4.37. The zero-order chi connectivity index (χ0) is 11.8. The minimum absolute atomic E-state index is 0.145. The predicted octanol–water partition coefficient (Wildman–Crippen LogP) is 2.27. The summed E-state index contributed by atoms with van der Waals surface area (Å²) in [6.45, 7) is 0. The molecule has 0 aliphatic heterocycles. The fourth-order valence-corrected chi connectivity index (χ4v) is 2.31. The first kappa shape index (κ1) is 11.2. The molecule has 0 heterocycles. The lowest BCUT2D eigenvalue weighted by molar-refractivity contribution is 0.352. The average molecular weight is 225 g/mol. The Morgan fingerprint density at radius 1 is 1.38 bits per heavy atom. The van der Waals surface area contributed by atoms with Crippen LogP contribution in [-0.4, -0.2) is 12.2 Å². The van der Waals surface area contributed by atoms with Crippen molar-refractivity contribution < 1.29 is 14.2 Å². The molecule has 1 aromatic rings. The van der Waals surface area contributed by atoms with Gasteiger partial charge in [-0.25, -0.2) is 4.39 Å². The molecule has 0 spiro atoms.